The fourth-order valence-electron chi connectivity index (χ4n) is 2.63. The van der Waals surface area contributed by atoms with E-state index in [4.69, 9.17) is 0 Å². The first kappa shape index (κ1) is 15.9. The van der Waals surface area contributed by atoms with Crippen LogP contribution in [0.4, 0.5) is 5.13 Å². The minimum absolute atomic E-state index is 0.155. The summed E-state index contributed by atoms with van der Waals surface area (Å²) >= 11 is 2.96. The highest BCUT2D eigenvalue weighted by Crippen LogP contribution is 2.28. The molecule has 0 spiro atoms. The Hall–Kier alpha value is -2.57. The molecule has 0 fully saturated rings. The lowest BCUT2D eigenvalue weighted by Crippen LogP contribution is -2.11. The molecule has 2 aromatic carbocycles. The smallest absolute Gasteiger partial charge is 0.257 e. The predicted octanol–water partition coefficient (Wildman–Crippen LogP) is 5.29. The van der Waals surface area contributed by atoms with E-state index in [-0.39, 0.29) is 5.91 Å². The van der Waals surface area contributed by atoms with Crippen LogP contribution < -0.4 is 5.32 Å². The zero-order chi connectivity index (χ0) is 17.4. The van der Waals surface area contributed by atoms with Crippen molar-refractivity contribution >= 4 is 43.9 Å². The van der Waals surface area contributed by atoms with Crippen molar-refractivity contribution < 1.29 is 4.79 Å². The number of rotatable bonds is 3. The van der Waals surface area contributed by atoms with E-state index >= 15 is 0 Å². The van der Waals surface area contributed by atoms with Gasteiger partial charge in [-0.2, -0.15) is 0 Å². The molecule has 2 heterocycles. The molecular weight excluding hydrogens is 350 g/mol. The highest BCUT2D eigenvalue weighted by molar-refractivity contribution is 7.16. The highest BCUT2D eigenvalue weighted by Gasteiger charge is 2.12. The Morgan fingerprint density at radius 3 is 2.84 bits per heavy atom. The summed E-state index contributed by atoms with van der Waals surface area (Å²) in [6.45, 7) is 4.13. The molecule has 124 valence electrons. The predicted molar refractivity (Wildman–Crippen MR) is 105 cm³/mol. The Bertz CT molecular complexity index is 1080. The van der Waals surface area contributed by atoms with Gasteiger partial charge in [0.2, 0.25) is 0 Å². The molecule has 1 amide bonds. The van der Waals surface area contributed by atoms with Crippen LogP contribution in [-0.2, 0) is 0 Å². The lowest BCUT2D eigenvalue weighted by molar-refractivity contribution is 0.102. The van der Waals surface area contributed by atoms with Crippen molar-refractivity contribution in [2.24, 2.45) is 0 Å². The molecule has 25 heavy (non-hydrogen) atoms. The first-order valence-corrected chi connectivity index (χ1v) is 9.54. The third-order valence-electron chi connectivity index (χ3n) is 3.99. The average Bonchev–Trinajstić information content (AvgIpc) is 3.25. The van der Waals surface area contributed by atoms with E-state index < -0.39 is 0 Å². The molecule has 0 radical (unpaired) electrons. The molecule has 0 atom stereocenters. The van der Waals surface area contributed by atoms with Crippen LogP contribution in [0.1, 0.15) is 21.5 Å². The number of benzene rings is 2. The van der Waals surface area contributed by atoms with Gasteiger partial charge in [0.25, 0.3) is 5.91 Å². The Kier molecular flexibility index (Phi) is 4.07. The molecule has 2 aromatic heterocycles. The van der Waals surface area contributed by atoms with E-state index in [1.165, 1.54) is 33.8 Å². The van der Waals surface area contributed by atoms with Gasteiger partial charge >= 0.3 is 0 Å². The lowest BCUT2D eigenvalue weighted by Gasteiger charge is -2.04. The summed E-state index contributed by atoms with van der Waals surface area (Å²) in [5, 5.41) is 5.47. The molecule has 4 rings (SSSR count). The minimum Gasteiger partial charge on any atom is -0.298 e. The summed E-state index contributed by atoms with van der Waals surface area (Å²) in [7, 11) is 0. The summed E-state index contributed by atoms with van der Waals surface area (Å²) < 4.78 is 1.00. The average molecular weight is 365 g/mol. The maximum absolute atomic E-state index is 12.5. The van der Waals surface area contributed by atoms with Crippen LogP contribution in [-0.4, -0.2) is 15.9 Å². The number of nitrogens with zero attached hydrogens (tertiary/aromatic N) is 2. The zero-order valence-corrected chi connectivity index (χ0v) is 15.4. The summed E-state index contributed by atoms with van der Waals surface area (Å²) in [4.78, 5) is 21.3. The number of fused-ring (bicyclic) bond motifs is 1. The SMILES string of the molecule is Cc1ccc(C)c(-c2csc(NC(=O)c3ccc4ncsc4c3)n2)c1. The van der Waals surface area contributed by atoms with Crippen LogP contribution in [0, 0.1) is 13.8 Å². The number of anilines is 1. The monoisotopic (exact) mass is 365 g/mol. The molecule has 4 nitrogen and oxygen atoms in total. The van der Waals surface area contributed by atoms with Crippen molar-refractivity contribution in [3.63, 3.8) is 0 Å². The number of hydrogen-bond acceptors (Lipinski definition) is 5. The summed E-state index contributed by atoms with van der Waals surface area (Å²) in [6, 6.07) is 11.8. The second kappa shape index (κ2) is 6.38. The van der Waals surface area contributed by atoms with Crippen LogP contribution in [0.3, 0.4) is 0 Å². The molecule has 0 saturated heterocycles. The van der Waals surface area contributed by atoms with E-state index in [1.807, 2.05) is 17.5 Å². The zero-order valence-electron chi connectivity index (χ0n) is 13.7. The van der Waals surface area contributed by atoms with Crippen LogP contribution in [0.25, 0.3) is 21.5 Å². The van der Waals surface area contributed by atoms with Gasteiger partial charge in [0.05, 0.1) is 21.4 Å². The number of hydrogen-bond donors (Lipinski definition) is 1. The van der Waals surface area contributed by atoms with E-state index in [9.17, 15) is 4.79 Å². The van der Waals surface area contributed by atoms with Crippen LogP contribution in [0.5, 0.6) is 0 Å². The fraction of sp³-hybridized carbons (Fsp3) is 0.105. The standard InChI is InChI=1S/C19H15N3OS2/c1-11-3-4-12(2)14(7-11)16-9-24-19(21-16)22-18(23)13-5-6-15-17(8-13)25-10-20-15/h3-10H,1-2H3,(H,21,22,23). The number of thiazole rings is 2. The molecular formula is C19H15N3OS2. The van der Waals surface area contributed by atoms with Crippen LogP contribution in [0.2, 0.25) is 0 Å². The van der Waals surface area contributed by atoms with Gasteiger partial charge in [-0.05, 0) is 43.7 Å². The van der Waals surface area contributed by atoms with Gasteiger partial charge in [0.1, 0.15) is 0 Å². The van der Waals surface area contributed by atoms with Gasteiger partial charge in [-0.3, -0.25) is 10.1 Å². The third-order valence-corrected chi connectivity index (χ3v) is 5.54. The normalized spacial score (nSPS) is 11.0. The first-order valence-electron chi connectivity index (χ1n) is 7.78. The van der Waals surface area contributed by atoms with Crippen molar-refractivity contribution in [1.29, 1.82) is 0 Å². The van der Waals surface area contributed by atoms with Crippen molar-refractivity contribution in [1.82, 2.24) is 9.97 Å². The van der Waals surface area contributed by atoms with Gasteiger partial charge in [-0.15, -0.1) is 22.7 Å². The topological polar surface area (TPSA) is 54.9 Å². The Morgan fingerprint density at radius 1 is 1.08 bits per heavy atom. The molecule has 4 aromatic rings. The largest absolute Gasteiger partial charge is 0.298 e. The number of carbonyl (C=O) groups excluding carboxylic acids is 1. The van der Waals surface area contributed by atoms with E-state index in [2.05, 4.69) is 47.3 Å². The number of aryl methyl sites for hydroxylation is 2. The molecule has 0 aliphatic heterocycles. The fourth-order valence-corrected chi connectivity index (χ4v) is 4.05. The van der Waals surface area contributed by atoms with Crippen LogP contribution in [0.15, 0.2) is 47.3 Å². The van der Waals surface area contributed by atoms with Gasteiger partial charge in [0, 0.05) is 16.5 Å². The van der Waals surface area contributed by atoms with Crippen molar-refractivity contribution in [2.75, 3.05) is 5.32 Å². The summed E-state index contributed by atoms with van der Waals surface area (Å²) in [5.41, 5.74) is 7.65. The lowest BCUT2D eigenvalue weighted by atomic mass is 10.0. The van der Waals surface area contributed by atoms with Gasteiger partial charge in [0.15, 0.2) is 5.13 Å². The van der Waals surface area contributed by atoms with E-state index in [0.717, 1.165) is 21.5 Å². The molecule has 0 aliphatic rings. The second-order valence-corrected chi connectivity index (χ2v) is 7.59. The highest BCUT2D eigenvalue weighted by atomic mass is 32.1. The van der Waals surface area contributed by atoms with Crippen LogP contribution >= 0.6 is 22.7 Å². The van der Waals surface area contributed by atoms with Crippen molar-refractivity contribution in [2.45, 2.75) is 13.8 Å². The van der Waals surface area contributed by atoms with Gasteiger partial charge in [-0.25, -0.2) is 9.97 Å². The Balaban J connectivity index is 1.58. The second-order valence-electron chi connectivity index (χ2n) is 5.85. The van der Waals surface area contributed by atoms with E-state index in [1.54, 1.807) is 11.6 Å². The minimum atomic E-state index is -0.155. The summed E-state index contributed by atoms with van der Waals surface area (Å²) in [6.07, 6.45) is 0. The van der Waals surface area contributed by atoms with Crippen molar-refractivity contribution in [3.05, 3.63) is 64.0 Å². The Labute approximate surface area is 153 Å². The maximum atomic E-state index is 12.5. The van der Waals surface area contributed by atoms with Gasteiger partial charge < -0.3 is 0 Å². The Morgan fingerprint density at radius 2 is 1.96 bits per heavy atom. The molecule has 0 bridgehead atoms. The molecule has 6 heteroatoms. The van der Waals surface area contributed by atoms with E-state index in [0.29, 0.717) is 10.7 Å². The molecule has 0 saturated carbocycles. The first-order chi connectivity index (χ1) is 12.1. The molecule has 0 aliphatic carbocycles. The summed E-state index contributed by atoms with van der Waals surface area (Å²) in [5.74, 6) is -0.155. The van der Waals surface area contributed by atoms with Crippen molar-refractivity contribution in [3.8, 4) is 11.3 Å². The maximum Gasteiger partial charge on any atom is 0.257 e. The van der Waals surface area contributed by atoms with Gasteiger partial charge in [-0.1, -0.05) is 17.7 Å². The molecule has 1 N–H and O–H groups in total. The number of amides is 1. The quantitative estimate of drug-likeness (QED) is 0.537. The number of carbonyl (C=O) groups is 1. The molecule has 0 unspecified atom stereocenters. The third kappa shape index (κ3) is 3.18. The number of aromatic nitrogens is 2. The number of nitrogens with one attached hydrogen (secondary N) is 1.